The molecule has 1 aliphatic rings. The predicted molar refractivity (Wildman–Crippen MR) is 124 cm³/mol. The summed E-state index contributed by atoms with van der Waals surface area (Å²) in [5.74, 6) is -4.54. The van der Waals surface area contributed by atoms with E-state index in [1.807, 2.05) is 25.1 Å². The Morgan fingerprint density at radius 3 is 2.26 bits per heavy atom. The lowest BCUT2D eigenvalue weighted by Crippen LogP contribution is -2.37. The van der Waals surface area contributed by atoms with E-state index in [1.165, 1.54) is 36.5 Å². The summed E-state index contributed by atoms with van der Waals surface area (Å²) in [6.45, 7) is 2.39. The lowest BCUT2D eigenvalue weighted by molar-refractivity contribution is -0.344. The van der Waals surface area contributed by atoms with Gasteiger partial charge in [-0.25, -0.2) is 8.78 Å². The van der Waals surface area contributed by atoms with Crippen LogP contribution in [0.25, 0.3) is 0 Å². The van der Waals surface area contributed by atoms with Crippen molar-refractivity contribution in [3.63, 3.8) is 0 Å². The third kappa shape index (κ3) is 7.11. The van der Waals surface area contributed by atoms with Gasteiger partial charge in [-0.2, -0.15) is 13.2 Å². The Bertz CT molecular complexity index is 1330. The van der Waals surface area contributed by atoms with Crippen LogP contribution >= 0.6 is 0 Å². The number of carboxylic acid groups (broad SMARTS) is 1. The number of benzene rings is 2. The van der Waals surface area contributed by atoms with Crippen molar-refractivity contribution in [2.75, 3.05) is 11.4 Å². The highest BCUT2D eigenvalue weighted by Crippen LogP contribution is 2.31. The standard InChI is InChI=1S/C24H21F2N3O2.C2HF3O2/c1-15(28-23(30)16-4-7-19(25)8-5-16)17-6-9-22-18(13-17)3-2-12-29(22)24(31)21-14-20(26)10-11-27-21;3-2(4,5)1(6)7/h4-11,13-15H,2-3,12H2,1H3,(H,28,30);(H,6,7)/p-1. The fourth-order valence-electron chi connectivity index (χ4n) is 3.72. The minimum atomic E-state index is -5.19. The number of carbonyl (C=O) groups is 3. The third-order valence-corrected chi connectivity index (χ3v) is 5.59. The number of aromatic nitrogens is 1. The maximum Gasteiger partial charge on any atom is 0.430 e. The molecule has 0 fully saturated rings. The molecule has 1 atom stereocenters. The van der Waals surface area contributed by atoms with Crippen molar-refractivity contribution >= 4 is 23.5 Å². The SMILES string of the molecule is CC(NC(=O)c1ccc(F)cc1)c1ccc2c(c1)CCCN2C(=O)c1cc(F)ccn1.O=C([O-])C(F)(F)F. The van der Waals surface area contributed by atoms with Crippen molar-refractivity contribution < 1.29 is 41.4 Å². The van der Waals surface area contributed by atoms with E-state index in [0.717, 1.165) is 35.7 Å². The Morgan fingerprint density at radius 2 is 1.66 bits per heavy atom. The molecule has 0 radical (unpaired) electrons. The lowest BCUT2D eigenvalue weighted by Gasteiger charge is -2.30. The molecule has 38 heavy (non-hydrogen) atoms. The van der Waals surface area contributed by atoms with Gasteiger partial charge in [-0.05, 0) is 67.3 Å². The summed E-state index contributed by atoms with van der Waals surface area (Å²) >= 11 is 0. The Balaban J connectivity index is 0.000000505. The van der Waals surface area contributed by atoms with Crippen LogP contribution in [0.4, 0.5) is 27.6 Å². The van der Waals surface area contributed by atoms with Crippen LogP contribution in [0.5, 0.6) is 0 Å². The summed E-state index contributed by atoms with van der Waals surface area (Å²) in [6.07, 6.45) is -2.35. The van der Waals surface area contributed by atoms with Gasteiger partial charge >= 0.3 is 6.18 Å². The number of hydrogen-bond donors (Lipinski definition) is 1. The quantitative estimate of drug-likeness (QED) is 0.514. The number of rotatable bonds is 4. The van der Waals surface area contributed by atoms with Gasteiger partial charge in [0.25, 0.3) is 11.8 Å². The van der Waals surface area contributed by atoms with Gasteiger partial charge in [0.2, 0.25) is 0 Å². The first-order chi connectivity index (χ1) is 17.9. The Kier molecular flexibility index (Phi) is 8.76. The topological polar surface area (TPSA) is 102 Å². The van der Waals surface area contributed by atoms with Crippen LogP contribution < -0.4 is 15.3 Å². The summed E-state index contributed by atoms with van der Waals surface area (Å²) in [4.78, 5) is 39.7. The Morgan fingerprint density at radius 1 is 1.00 bits per heavy atom. The molecule has 12 heteroatoms. The minimum Gasteiger partial charge on any atom is -0.542 e. The van der Waals surface area contributed by atoms with Crippen molar-refractivity contribution in [3.8, 4) is 0 Å². The number of nitrogens with zero attached hydrogens (tertiary/aromatic N) is 2. The Hall–Kier alpha value is -4.35. The molecule has 3 aromatic rings. The number of amides is 2. The summed E-state index contributed by atoms with van der Waals surface area (Å²) in [5.41, 5.74) is 3.09. The number of pyridine rings is 1. The third-order valence-electron chi connectivity index (χ3n) is 5.59. The largest absolute Gasteiger partial charge is 0.542 e. The van der Waals surface area contributed by atoms with E-state index in [0.29, 0.717) is 12.1 Å². The summed E-state index contributed by atoms with van der Waals surface area (Å²) < 4.78 is 58.1. The average Bonchev–Trinajstić information content (AvgIpc) is 2.87. The van der Waals surface area contributed by atoms with Crippen LogP contribution in [-0.2, 0) is 11.2 Å². The molecule has 2 heterocycles. The fraction of sp³-hybridized carbons (Fsp3) is 0.231. The zero-order chi connectivity index (χ0) is 28.0. The van der Waals surface area contributed by atoms with E-state index < -0.39 is 23.8 Å². The highest BCUT2D eigenvalue weighted by atomic mass is 19.4. The van der Waals surface area contributed by atoms with Crippen molar-refractivity contribution in [1.82, 2.24) is 10.3 Å². The summed E-state index contributed by atoms with van der Waals surface area (Å²) in [7, 11) is 0. The van der Waals surface area contributed by atoms with Crippen LogP contribution in [0.2, 0.25) is 0 Å². The van der Waals surface area contributed by atoms with Crippen LogP contribution in [0.1, 0.15) is 51.4 Å². The second kappa shape index (κ2) is 11.8. The summed E-state index contributed by atoms with van der Waals surface area (Å²) in [5, 5.41) is 11.7. The van der Waals surface area contributed by atoms with Crippen LogP contribution in [-0.4, -0.2) is 35.5 Å². The normalized spacial score (nSPS) is 13.5. The minimum absolute atomic E-state index is 0.0665. The first-order valence-corrected chi connectivity index (χ1v) is 11.3. The number of anilines is 1. The van der Waals surface area contributed by atoms with Crippen molar-refractivity contribution in [2.45, 2.75) is 32.0 Å². The monoisotopic (exact) mass is 534 g/mol. The molecule has 0 saturated heterocycles. The van der Waals surface area contributed by atoms with E-state index >= 15 is 0 Å². The lowest BCUT2D eigenvalue weighted by atomic mass is 9.96. The number of alkyl halides is 3. The van der Waals surface area contributed by atoms with Gasteiger partial charge in [-0.3, -0.25) is 14.6 Å². The molecule has 1 N–H and O–H groups in total. The number of halogens is 5. The van der Waals surface area contributed by atoms with Gasteiger partial charge in [-0.1, -0.05) is 12.1 Å². The highest BCUT2D eigenvalue weighted by molar-refractivity contribution is 6.05. The summed E-state index contributed by atoms with van der Waals surface area (Å²) in [6, 6.07) is 13.1. The molecule has 4 rings (SSSR count). The smallest absolute Gasteiger partial charge is 0.430 e. The number of aliphatic carboxylic acids is 1. The maximum absolute atomic E-state index is 13.5. The molecule has 1 aliphatic heterocycles. The maximum atomic E-state index is 13.5. The second-order valence-corrected chi connectivity index (χ2v) is 8.30. The number of fused-ring (bicyclic) bond motifs is 1. The molecule has 0 aliphatic carbocycles. The molecular weight excluding hydrogens is 513 g/mol. The van der Waals surface area contributed by atoms with Crippen LogP contribution in [0, 0.1) is 11.6 Å². The molecule has 1 unspecified atom stereocenters. The highest BCUT2D eigenvalue weighted by Gasteiger charge is 2.29. The molecular formula is C26H21F5N3O4-. The van der Waals surface area contributed by atoms with Gasteiger partial charge in [0.1, 0.15) is 23.3 Å². The molecule has 200 valence electrons. The fourth-order valence-corrected chi connectivity index (χ4v) is 3.72. The molecule has 7 nitrogen and oxygen atoms in total. The number of aryl methyl sites for hydroxylation is 1. The molecule has 0 spiro atoms. The van der Waals surface area contributed by atoms with Crippen molar-refractivity contribution in [2.24, 2.45) is 0 Å². The zero-order valence-electron chi connectivity index (χ0n) is 19.9. The first kappa shape index (κ1) is 28.2. The molecule has 1 aromatic heterocycles. The van der Waals surface area contributed by atoms with Gasteiger partial charge in [0, 0.05) is 30.1 Å². The Labute approximate surface area is 213 Å². The van der Waals surface area contributed by atoms with E-state index in [2.05, 4.69) is 10.3 Å². The number of hydrogen-bond acceptors (Lipinski definition) is 5. The van der Waals surface area contributed by atoms with Crippen molar-refractivity contribution in [1.29, 1.82) is 0 Å². The van der Waals surface area contributed by atoms with Gasteiger partial charge in [0.15, 0.2) is 0 Å². The van der Waals surface area contributed by atoms with Crippen LogP contribution in [0.3, 0.4) is 0 Å². The van der Waals surface area contributed by atoms with Crippen LogP contribution in [0.15, 0.2) is 60.8 Å². The van der Waals surface area contributed by atoms with Crippen molar-refractivity contribution in [3.05, 3.63) is 94.8 Å². The first-order valence-electron chi connectivity index (χ1n) is 11.3. The number of carboxylic acids is 1. The van der Waals surface area contributed by atoms with E-state index in [9.17, 15) is 31.5 Å². The number of nitrogens with one attached hydrogen (secondary N) is 1. The van der Waals surface area contributed by atoms with Gasteiger partial charge < -0.3 is 20.1 Å². The van der Waals surface area contributed by atoms with Gasteiger partial charge in [0.05, 0.1) is 6.04 Å². The second-order valence-electron chi connectivity index (χ2n) is 8.30. The molecule has 2 amide bonds. The molecule has 0 bridgehead atoms. The average molecular weight is 534 g/mol. The zero-order valence-corrected chi connectivity index (χ0v) is 19.9. The molecule has 0 saturated carbocycles. The number of carbonyl (C=O) groups excluding carboxylic acids is 3. The predicted octanol–water partition coefficient (Wildman–Crippen LogP) is 3.74. The van der Waals surface area contributed by atoms with E-state index in [-0.39, 0.29) is 23.6 Å². The van der Waals surface area contributed by atoms with Gasteiger partial charge in [-0.15, -0.1) is 0 Å². The van der Waals surface area contributed by atoms with E-state index in [4.69, 9.17) is 9.90 Å². The van der Waals surface area contributed by atoms with E-state index in [1.54, 1.807) is 4.90 Å². The molecule has 2 aromatic carbocycles.